The fourth-order valence-electron chi connectivity index (χ4n) is 2.68. The van der Waals surface area contributed by atoms with Crippen molar-refractivity contribution in [1.29, 1.82) is 0 Å². The monoisotopic (exact) mass is 229 g/mol. The maximum atomic E-state index is 5.71. The fraction of sp³-hybridized carbons (Fsp3) is 1.00. The van der Waals surface area contributed by atoms with E-state index in [1.807, 2.05) is 0 Å². The highest BCUT2D eigenvalue weighted by molar-refractivity contribution is 8.00. The lowest BCUT2D eigenvalue weighted by molar-refractivity contribution is 0.0866. The van der Waals surface area contributed by atoms with Crippen molar-refractivity contribution in [2.45, 2.75) is 50.5 Å². The molecule has 15 heavy (non-hydrogen) atoms. The topological polar surface area (TPSA) is 21.3 Å². The van der Waals surface area contributed by atoms with E-state index in [1.165, 1.54) is 25.0 Å². The third-order valence-corrected chi connectivity index (χ3v) is 5.09. The first-order valence-electron chi connectivity index (χ1n) is 6.28. The zero-order valence-corrected chi connectivity index (χ0v) is 10.7. The summed E-state index contributed by atoms with van der Waals surface area (Å²) in [6.07, 6.45) is 4.28. The second kappa shape index (κ2) is 5.55. The van der Waals surface area contributed by atoms with E-state index in [0.29, 0.717) is 6.10 Å². The number of ether oxygens (including phenoxy) is 1. The van der Waals surface area contributed by atoms with Gasteiger partial charge in [0.15, 0.2) is 0 Å². The van der Waals surface area contributed by atoms with E-state index in [9.17, 15) is 0 Å². The first-order chi connectivity index (χ1) is 7.31. The van der Waals surface area contributed by atoms with Crippen LogP contribution >= 0.6 is 11.8 Å². The van der Waals surface area contributed by atoms with E-state index in [1.54, 1.807) is 0 Å². The average molecular weight is 229 g/mol. The van der Waals surface area contributed by atoms with Gasteiger partial charge in [-0.25, -0.2) is 0 Å². The minimum Gasteiger partial charge on any atom is -0.378 e. The Hall–Kier alpha value is 0.270. The zero-order valence-electron chi connectivity index (χ0n) is 9.87. The Morgan fingerprint density at radius 2 is 2.27 bits per heavy atom. The Morgan fingerprint density at radius 1 is 1.40 bits per heavy atom. The van der Waals surface area contributed by atoms with Crippen LogP contribution < -0.4 is 5.32 Å². The van der Waals surface area contributed by atoms with Crippen LogP contribution in [-0.2, 0) is 4.74 Å². The molecular weight excluding hydrogens is 206 g/mol. The number of hydrogen-bond donors (Lipinski definition) is 1. The largest absolute Gasteiger partial charge is 0.378 e. The minimum absolute atomic E-state index is 0.516. The Balaban J connectivity index is 1.72. The van der Waals surface area contributed by atoms with Crippen LogP contribution in [0.25, 0.3) is 0 Å². The highest BCUT2D eigenvalue weighted by atomic mass is 32.2. The van der Waals surface area contributed by atoms with Gasteiger partial charge in [-0.05, 0) is 30.9 Å². The van der Waals surface area contributed by atoms with Gasteiger partial charge in [0.25, 0.3) is 0 Å². The van der Waals surface area contributed by atoms with Crippen LogP contribution in [0.1, 0.15) is 33.1 Å². The summed E-state index contributed by atoms with van der Waals surface area (Å²) < 4.78 is 5.71. The van der Waals surface area contributed by atoms with Gasteiger partial charge < -0.3 is 10.1 Å². The van der Waals surface area contributed by atoms with E-state index in [2.05, 4.69) is 30.9 Å². The molecule has 0 aliphatic carbocycles. The molecule has 2 heterocycles. The molecule has 0 aromatic carbocycles. The molecule has 2 aliphatic heterocycles. The molecule has 0 aromatic heterocycles. The molecule has 2 aliphatic rings. The molecule has 2 nitrogen and oxygen atoms in total. The lowest BCUT2D eigenvalue weighted by Gasteiger charge is -2.22. The summed E-state index contributed by atoms with van der Waals surface area (Å²) in [7, 11) is 0. The summed E-state index contributed by atoms with van der Waals surface area (Å²) in [5.41, 5.74) is 0. The summed E-state index contributed by atoms with van der Waals surface area (Å²) in [6, 6.07) is 0.744. The summed E-state index contributed by atoms with van der Waals surface area (Å²) in [5.74, 6) is 2.09. The standard InChI is InChI=1S/C12H23NOS/c1-3-12-10(4-6-14-12)8-13-11-5-7-15-9(11)2/h9-13H,3-8H2,1-2H3. The molecule has 0 amide bonds. The van der Waals surface area contributed by atoms with Gasteiger partial charge in [-0.1, -0.05) is 13.8 Å². The number of nitrogens with one attached hydrogen (secondary N) is 1. The molecule has 88 valence electrons. The van der Waals surface area contributed by atoms with Gasteiger partial charge in [0, 0.05) is 24.4 Å². The van der Waals surface area contributed by atoms with Crippen LogP contribution in [0.5, 0.6) is 0 Å². The molecule has 3 heteroatoms. The lowest BCUT2D eigenvalue weighted by atomic mass is 9.99. The summed E-state index contributed by atoms with van der Waals surface area (Å²) in [6.45, 7) is 6.71. The first kappa shape index (κ1) is 11.7. The van der Waals surface area contributed by atoms with Crippen molar-refractivity contribution in [3.05, 3.63) is 0 Å². The van der Waals surface area contributed by atoms with Crippen molar-refractivity contribution >= 4 is 11.8 Å². The SMILES string of the molecule is CCC1OCCC1CNC1CCSC1C. The molecule has 0 radical (unpaired) electrons. The number of hydrogen-bond acceptors (Lipinski definition) is 3. The second-order valence-electron chi connectivity index (χ2n) is 4.75. The molecule has 2 fully saturated rings. The Morgan fingerprint density at radius 3 is 2.93 bits per heavy atom. The van der Waals surface area contributed by atoms with Crippen molar-refractivity contribution < 1.29 is 4.74 Å². The van der Waals surface area contributed by atoms with Crippen LogP contribution in [0.2, 0.25) is 0 Å². The van der Waals surface area contributed by atoms with Gasteiger partial charge in [0.05, 0.1) is 6.10 Å². The third kappa shape index (κ3) is 2.89. The molecule has 2 saturated heterocycles. The second-order valence-corrected chi connectivity index (χ2v) is 6.23. The number of thioether (sulfide) groups is 1. The summed E-state index contributed by atoms with van der Waals surface area (Å²) >= 11 is 2.10. The van der Waals surface area contributed by atoms with Crippen molar-refractivity contribution in [2.24, 2.45) is 5.92 Å². The Bertz CT molecular complexity index is 200. The van der Waals surface area contributed by atoms with Crippen LogP contribution in [0.4, 0.5) is 0 Å². The quantitative estimate of drug-likeness (QED) is 0.799. The first-order valence-corrected chi connectivity index (χ1v) is 7.32. The lowest BCUT2D eigenvalue weighted by Crippen LogP contribution is -2.38. The molecule has 0 aromatic rings. The van der Waals surface area contributed by atoms with Gasteiger partial charge in [-0.2, -0.15) is 11.8 Å². The molecule has 4 unspecified atom stereocenters. The van der Waals surface area contributed by atoms with Crippen molar-refractivity contribution in [2.75, 3.05) is 18.9 Å². The van der Waals surface area contributed by atoms with E-state index in [0.717, 1.165) is 30.4 Å². The normalized spacial score (nSPS) is 41.2. The van der Waals surface area contributed by atoms with E-state index < -0.39 is 0 Å². The number of rotatable bonds is 4. The smallest absolute Gasteiger partial charge is 0.0613 e. The summed E-state index contributed by atoms with van der Waals surface area (Å²) in [5, 5.41) is 4.54. The highest BCUT2D eigenvalue weighted by Crippen LogP contribution is 2.27. The average Bonchev–Trinajstić information content (AvgIpc) is 2.83. The summed E-state index contributed by atoms with van der Waals surface area (Å²) in [4.78, 5) is 0. The van der Waals surface area contributed by atoms with Gasteiger partial charge in [-0.3, -0.25) is 0 Å². The van der Waals surface area contributed by atoms with Crippen LogP contribution in [0.15, 0.2) is 0 Å². The molecular formula is C12H23NOS. The molecule has 1 N–H and O–H groups in total. The Kier molecular flexibility index (Phi) is 4.35. The minimum atomic E-state index is 0.516. The van der Waals surface area contributed by atoms with E-state index >= 15 is 0 Å². The van der Waals surface area contributed by atoms with Gasteiger partial charge in [0.1, 0.15) is 0 Å². The van der Waals surface area contributed by atoms with Gasteiger partial charge in [-0.15, -0.1) is 0 Å². The van der Waals surface area contributed by atoms with Crippen LogP contribution in [0, 0.1) is 5.92 Å². The molecule has 4 atom stereocenters. The van der Waals surface area contributed by atoms with Crippen LogP contribution in [-0.4, -0.2) is 36.3 Å². The van der Waals surface area contributed by atoms with E-state index in [4.69, 9.17) is 4.74 Å². The maximum absolute atomic E-state index is 5.71. The predicted octanol–water partition coefficient (Wildman–Crippen LogP) is 2.29. The fourth-order valence-corrected chi connectivity index (χ4v) is 3.91. The van der Waals surface area contributed by atoms with Gasteiger partial charge >= 0.3 is 0 Å². The molecule has 0 bridgehead atoms. The zero-order chi connectivity index (χ0) is 10.7. The van der Waals surface area contributed by atoms with Crippen molar-refractivity contribution in [3.63, 3.8) is 0 Å². The maximum Gasteiger partial charge on any atom is 0.0613 e. The molecule has 2 rings (SSSR count). The molecule has 0 spiro atoms. The molecule has 0 saturated carbocycles. The van der Waals surface area contributed by atoms with Crippen LogP contribution in [0.3, 0.4) is 0 Å². The van der Waals surface area contributed by atoms with Gasteiger partial charge in [0.2, 0.25) is 0 Å². The van der Waals surface area contributed by atoms with Crippen molar-refractivity contribution in [3.8, 4) is 0 Å². The highest BCUT2D eigenvalue weighted by Gasteiger charge is 2.29. The van der Waals surface area contributed by atoms with E-state index in [-0.39, 0.29) is 0 Å². The Labute approximate surface area is 97.5 Å². The van der Waals surface area contributed by atoms with Crippen molar-refractivity contribution in [1.82, 2.24) is 5.32 Å². The third-order valence-electron chi connectivity index (χ3n) is 3.77. The predicted molar refractivity (Wildman–Crippen MR) is 66.5 cm³/mol.